The summed E-state index contributed by atoms with van der Waals surface area (Å²) in [5, 5.41) is 11.4. The third-order valence-corrected chi connectivity index (χ3v) is 9.92. The Kier molecular flexibility index (Phi) is 8.82. The van der Waals surface area contributed by atoms with Crippen LogP contribution in [0.1, 0.15) is 110 Å². The number of phenolic OH excluding ortho intramolecular Hbond substituents is 1. The van der Waals surface area contributed by atoms with Gasteiger partial charge in [-0.2, -0.15) is 0 Å². The molecule has 1 aromatic rings. The van der Waals surface area contributed by atoms with Gasteiger partial charge in [-0.3, -0.25) is 13.8 Å². The number of fused-ring (bicyclic) bond motifs is 2. The maximum Gasteiger partial charge on any atom is 0.530 e. The predicted octanol–water partition coefficient (Wildman–Crippen LogP) is 7.92. The molecule has 2 bridgehead atoms. The first-order valence-electron chi connectivity index (χ1n) is 13.4. The molecule has 198 valence electrons. The SMILES string of the molecule is CCCCCCC(C)(C)c1cc(O)c([C@H]2CC(=O)[C@@H]3C[C@H]2C3(C)C)c(OP(=O)(OCC)OCC)c1. The van der Waals surface area contributed by atoms with E-state index in [2.05, 4.69) is 34.6 Å². The smallest absolute Gasteiger partial charge is 0.508 e. The summed E-state index contributed by atoms with van der Waals surface area (Å²) in [5.74, 6) is 0.754. The highest BCUT2D eigenvalue weighted by Crippen LogP contribution is 2.65. The summed E-state index contributed by atoms with van der Waals surface area (Å²) in [7, 11) is -3.89. The molecule has 0 aromatic heterocycles. The second-order valence-electron chi connectivity index (χ2n) is 11.5. The molecule has 0 spiro atoms. The first-order chi connectivity index (χ1) is 16.4. The number of unbranched alkanes of at least 4 members (excludes halogenated alkanes) is 3. The van der Waals surface area contributed by atoms with Crippen LogP contribution in [-0.4, -0.2) is 24.1 Å². The summed E-state index contributed by atoms with van der Waals surface area (Å²) in [5.41, 5.74) is 1.12. The summed E-state index contributed by atoms with van der Waals surface area (Å²) >= 11 is 0. The molecule has 0 heterocycles. The Hall–Kier alpha value is -1.36. The van der Waals surface area contributed by atoms with E-state index in [-0.39, 0.29) is 53.3 Å². The van der Waals surface area contributed by atoms with Crippen LogP contribution in [0, 0.1) is 17.3 Å². The Labute approximate surface area is 211 Å². The Bertz CT molecular complexity index is 943. The quantitative estimate of drug-likeness (QED) is 0.215. The monoisotopic (exact) mass is 508 g/mol. The molecule has 3 atom stereocenters. The molecule has 35 heavy (non-hydrogen) atoms. The zero-order valence-corrected chi connectivity index (χ0v) is 23.6. The van der Waals surface area contributed by atoms with E-state index in [0.717, 1.165) is 24.8 Å². The number of carbonyl (C=O) groups excluding carboxylic acids is 1. The predicted molar refractivity (Wildman–Crippen MR) is 139 cm³/mol. The van der Waals surface area contributed by atoms with Gasteiger partial charge in [0.25, 0.3) is 0 Å². The number of aromatic hydroxyl groups is 1. The van der Waals surface area contributed by atoms with Crippen molar-refractivity contribution in [1.29, 1.82) is 0 Å². The zero-order valence-electron chi connectivity index (χ0n) is 22.7. The van der Waals surface area contributed by atoms with E-state index in [1.54, 1.807) is 13.8 Å². The van der Waals surface area contributed by atoms with Crippen molar-refractivity contribution in [3.63, 3.8) is 0 Å². The van der Waals surface area contributed by atoms with Crippen LogP contribution in [0.5, 0.6) is 11.5 Å². The Morgan fingerprint density at radius 3 is 2.29 bits per heavy atom. The second-order valence-corrected chi connectivity index (χ2v) is 13.1. The standard InChI is InChI=1S/C28H45O6P/c1-8-11-12-13-14-27(4,5)19-15-24(30)26(20-17-23(29)22-18-21(20)28(22,6)7)25(16-19)34-35(31,32-9-2)33-10-3/h15-16,20-22,30H,8-14,17-18H2,1-7H3/t20-,21+,22-/m0/s1. The van der Waals surface area contributed by atoms with Crippen molar-refractivity contribution in [2.45, 2.75) is 105 Å². The minimum atomic E-state index is -3.89. The van der Waals surface area contributed by atoms with Crippen LogP contribution in [0.4, 0.5) is 0 Å². The van der Waals surface area contributed by atoms with Crippen LogP contribution in [-0.2, 0) is 23.8 Å². The first kappa shape index (κ1) is 28.2. The number of phosphoric acid groups is 1. The number of hydrogen-bond donors (Lipinski definition) is 1. The van der Waals surface area contributed by atoms with Gasteiger partial charge < -0.3 is 9.63 Å². The van der Waals surface area contributed by atoms with Gasteiger partial charge >= 0.3 is 7.82 Å². The van der Waals surface area contributed by atoms with Crippen molar-refractivity contribution < 1.29 is 28.0 Å². The first-order valence-corrected chi connectivity index (χ1v) is 14.8. The van der Waals surface area contributed by atoms with Crippen LogP contribution in [0.25, 0.3) is 0 Å². The van der Waals surface area contributed by atoms with Gasteiger partial charge in [-0.25, -0.2) is 4.57 Å². The molecule has 4 rings (SSSR count). The van der Waals surface area contributed by atoms with E-state index in [1.165, 1.54) is 19.3 Å². The van der Waals surface area contributed by atoms with E-state index in [9.17, 15) is 14.5 Å². The maximum absolute atomic E-state index is 13.4. The van der Waals surface area contributed by atoms with Crippen LogP contribution < -0.4 is 4.52 Å². The highest BCUT2D eigenvalue weighted by atomic mass is 31.2. The molecule has 3 saturated carbocycles. The molecule has 0 aliphatic heterocycles. The number of carbonyl (C=O) groups is 1. The lowest BCUT2D eigenvalue weighted by Crippen LogP contribution is -2.56. The number of rotatable bonds is 13. The Morgan fingerprint density at radius 2 is 1.74 bits per heavy atom. The van der Waals surface area contributed by atoms with Crippen molar-refractivity contribution in [1.82, 2.24) is 0 Å². The molecule has 0 amide bonds. The largest absolute Gasteiger partial charge is 0.530 e. The zero-order chi connectivity index (χ0) is 26.0. The number of ketones is 1. The minimum absolute atomic E-state index is 0.0783. The highest BCUT2D eigenvalue weighted by Gasteiger charge is 2.59. The fourth-order valence-corrected chi connectivity index (χ4v) is 7.31. The second kappa shape index (κ2) is 10.9. The van der Waals surface area contributed by atoms with Gasteiger partial charge in [-0.05, 0) is 61.1 Å². The van der Waals surface area contributed by atoms with Crippen LogP contribution in [0.2, 0.25) is 0 Å². The van der Waals surface area contributed by atoms with Crippen LogP contribution in [0.15, 0.2) is 12.1 Å². The van der Waals surface area contributed by atoms with E-state index >= 15 is 0 Å². The molecule has 0 unspecified atom stereocenters. The van der Waals surface area contributed by atoms with Gasteiger partial charge in [-0.15, -0.1) is 0 Å². The van der Waals surface area contributed by atoms with Crippen molar-refractivity contribution in [2.75, 3.05) is 13.2 Å². The number of hydrogen-bond acceptors (Lipinski definition) is 6. The lowest BCUT2D eigenvalue weighted by atomic mass is 9.44. The van der Waals surface area contributed by atoms with Crippen molar-refractivity contribution in [3.05, 3.63) is 23.3 Å². The molecular formula is C28H45O6P. The topological polar surface area (TPSA) is 82.1 Å². The van der Waals surface area contributed by atoms with Gasteiger partial charge in [-0.1, -0.05) is 60.3 Å². The van der Waals surface area contributed by atoms with E-state index < -0.39 is 7.82 Å². The molecule has 0 radical (unpaired) electrons. The lowest BCUT2D eigenvalue weighted by Gasteiger charge is -2.59. The van der Waals surface area contributed by atoms with Crippen molar-refractivity contribution in [3.8, 4) is 11.5 Å². The average molecular weight is 509 g/mol. The third-order valence-electron chi connectivity index (χ3n) is 8.35. The Balaban J connectivity index is 2.05. The van der Waals surface area contributed by atoms with E-state index in [0.29, 0.717) is 17.7 Å². The van der Waals surface area contributed by atoms with E-state index in [4.69, 9.17) is 13.6 Å². The normalized spacial score (nSPS) is 23.7. The summed E-state index contributed by atoms with van der Waals surface area (Å²) in [6.45, 7) is 14.6. The maximum atomic E-state index is 13.4. The lowest BCUT2D eigenvalue weighted by molar-refractivity contribution is -0.151. The number of phenols is 1. The summed E-state index contributed by atoms with van der Waals surface area (Å²) < 4.78 is 30.3. The number of phosphoric ester groups is 1. The summed E-state index contributed by atoms with van der Waals surface area (Å²) in [6.07, 6.45) is 6.76. The third kappa shape index (κ3) is 5.81. The summed E-state index contributed by atoms with van der Waals surface area (Å²) in [4.78, 5) is 12.9. The van der Waals surface area contributed by atoms with Gasteiger partial charge in [0.15, 0.2) is 0 Å². The van der Waals surface area contributed by atoms with E-state index in [1.807, 2.05) is 12.1 Å². The molecule has 3 aliphatic rings. The van der Waals surface area contributed by atoms with Gasteiger partial charge in [0.1, 0.15) is 17.3 Å². The molecule has 1 N–H and O–H groups in total. The summed E-state index contributed by atoms with van der Waals surface area (Å²) in [6, 6.07) is 3.71. The minimum Gasteiger partial charge on any atom is -0.508 e. The average Bonchev–Trinajstić information content (AvgIpc) is 2.75. The van der Waals surface area contributed by atoms with Gasteiger partial charge in [0.05, 0.1) is 13.2 Å². The molecule has 3 fully saturated rings. The number of Topliss-reactive ketones (excluding diaryl/α,β-unsaturated/α-hetero) is 1. The van der Waals surface area contributed by atoms with Crippen molar-refractivity contribution in [2.24, 2.45) is 17.3 Å². The fourth-order valence-electron chi connectivity index (χ4n) is 6.11. The van der Waals surface area contributed by atoms with Gasteiger partial charge in [0, 0.05) is 23.8 Å². The molecule has 1 aromatic carbocycles. The molecular weight excluding hydrogens is 463 g/mol. The molecule has 7 heteroatoms. The molecule has 6 nitrogen and oxygen atoms in total. The van der Waals surface area contributed by atoms with Gasteiger partial charge in [0.2, 0.25) is 0 Å². The molecule has 3 aliphatic carbocycles. The van der Waals surface area contributed by atoms with Crippen LogP contribution in [0.3, 0.4) is 0 Å². The highest BCUT2D eigenvalue weighted by molar-refractivity contribution is 7.48. The number of benzene rings is 1. The van der Waals surface area contributed by atoms with Crippen molar-refractivity contribution >= 4 is 13.6 Å². The van der Waals surface area contributed by atoms with Crippen LogP contribution >= 0.6 is 7.82 Å². The molecule has 0 saturated heterocycles. The fraction of sp³-hybridized carbons (Fsp3) is 0.750. The Morgan fingerprint density at radius 1 is 1.09 bits per heavy atom.